The van der Waals surface area contributed by atoms with E-state index in [1.54, 1.807) is 12.1 Å². The molecule has 0 amide bonds. The molecule has 1 unspecified atom stereocenters. The van der Waals surface area contributed by atoms with Crippen LogP contribution in [0.1, 0.15) is 20.7 Å². The van der Waals surface area contributed by atoms with Crippen LogP contribution in [0, 0.1) is 0 Å². The Bertz CT molecular complexity index is 875. The Kier molecular flexibility index (Phi) is 5.92. The molecule has 1 aliphatic rings. The van der Waals surface area contributed by atoms with Crippen molar-refractivity contribution in [1.82, 2.24) is 0 Å². The summed E-state index contributed by atoms with van der Waals surface area (Å²) < 4.78 is 25.4. The average molecular weight is 404 g/mol. The van der Waals surface area contributed by atoms with Gasteiger partial charge in [0.15, 0.2) is 35.6 Å². The minimum absolute atomic E-state index is 0.0298. The third-order valence-electron chi connectivity index (χ3n) is 5.21. The van der Waals surface area contributed by atoms with E-state index in [1.807, 2.05) is 0 Å². The van der Waals surface area contributed by atoms with E-state index in [-0.39, 0.29) is 11.1 Å². The number of carbonyl (C=O) groups excluding carboxylic acids is 2. The van der Waals surface area contributed by atoms with Crippen LogP contribution in [0.3, 0.4) is 0 Å². The molecule has 3 N–H and O–H groups in total. The van der Waals surface area contributed by atoms with Crippen LogP contribution >= 0.6 is 0 Å². The molecule has 0 radical (unpaired) electrons. The van der Waals surface area contributed by atoms with Crippen LogP contribution in [-0.4, -0.2) is 70.4 Å². The van der Waals surface area contributed by atoms with Crippen LogP contribution in [0.2, 0.25) is 0 Å². The number of alkyl halides is 1. The number of ether oxygens (including phenoxy) is 2. The molecule has 2 aromatic carbocycles. The van der Waals surface area contributed by atoms with Gasteiger partial charge in [0.1, 0.15) is 0 Å². The summed E-state index contributed by atoms with van der Waals surface area (Å²) in [6.07, 6.45) is -6.53. The summed E-state index contributed by atoms with van der Waals surface area (Å²) in [7, 11) is 1.07. The van der Waals surface area contributed by atoms with Crippen molar-refractivity contribution in [3.05, 3.63) is 71.8 Å². The van der Waals surface area contributed by atoms with Crippen LogP contribution in [0.5, 0.6) is 0 Å². The molecule has 2 aromatic rings. The first-order valence-corrected chi connectivity index (χ1v) is 8.88. The first kappa shape index (κ1) is 21.2. The largest absolute Gasteiger partial charge is 0.393 e. The van der Waals surface area contributed by atoms with E-state index in [0.717, 1.165) is 7.11 Å². The van der Waals surface area contributed by atoms with Gasteiger partial charge in [0.25, 0.3) is 0 Å². The van der Waals surface area contributed by atoms with E-state index in [2.05, 4.69) is 0 Å². The molecule has 154 valence electrons. The second-order valence-electron chi connectivity index (χ2n) is 6.77. The molecule has 0 aromatic heterocycles. The lowest BCUT2D eigenvalue weighted by molar-refractivity contribution is -0.217. The van der Waals surface area contributed by atoms with Gasteiger partial charge in [0.2, 0.25) is 5.78 Å². The molecule has 3 rings (SSSR count). The number of halogens is 1. The number of hydrogen-bond donors (Lipinski definition) is 3. The van der Waals surface area contributed by atoms with E-state index >= 15 is 4.39 Å². The van der Waals surface area contributed by atoms with Gasteiger partial charge in [-0.2, -0.15) is 0 Å². The summed E-state index contributed by atoms with van der Waals surface area (Å²) in [5.41, 5.74) is -5.84. The molecule has 0 spiro atoms. The third kappa shape index (κ3) is 3.19. The number of methoxy groups -OCH3 is 1. The Morgan fingerprint density at radius 3 is 2.10 bits per heavy atom. The number of rotatable bonds is 7. The van der Waals surface area contributed by atoms with Gasteiger partial charge in [0, 0.05) is 18.2 Å². The van der Waals surface area contributed by atoms with Crippen molar-refractivity contribution in [3.63, 3.8) is 0 Å². The van der Waals surface area contributed by atoms with Crippen LogP contribution in [-0.2, 0) is 9.47 Å². The van der Waals surface area contributed by atoms with Gasteiger partial charge in [-0.3, -0.25) is 9.59 Å². The molecule has 1 fully saturated rings. The van der Waals surface area contributed by atoms with Crippen molar-refractivity contribution < 1.29 is 38.8 Å². The zero-order valence-corrected chi connectivity index (χ0v) is 15.6. The lowest BCUT2D eigenvalue weighted by Gasteiger charge is -2.40. The van der Waals surface area contributed by atoms with E-state index in [9.17, 15) is 24.9 Å². The topological polar surface area (TPSA) is 113 Å². The second kappa shape index (κ2) is 8.10. The molecular formula is C21H21FO7. The number of Topliss-reactive ketones (excluding diaryl/α,β-unsaturated/α-hetero) is 2. The SMILES string of the molecule is CO[C@H]1O[C@](CO)(C(O)C(=O)c2ccccc2)[C@](O)(C(=O)c2ccccc2)[C@H]1F. The molecule has 0 bridgehead atoms. The lowest BCUT2D eigenvalue weighted by atomic mass is 9.72. The van der Waals surface area contributed by atoms with Crippen molar-refractivity contribution in [2.75, 3.05) is 13.7 Å². The lowest BCUT2D eigenvalue weighted by Crippen LogP contribution is -2.69. The zero-order chi connectivity index (χ0) is 21.2. The van der Waals surface area contributed by atoms with Gasteiger partial charge in [0.05, 0.1) is 6.61 Å². The Labute approximate surface area is 166 Å². The molecule has 29 heavy (non-hydrogen) atoms. The minimum atomic E-state index is -3.09. The zero-order valence-electron chi connectivity index (χ0n) is 15.6. The molecule has 0 saturated carbocycles. The Balaban J connectivity index is 2.13. The summed E-state index contributed by atoms with van der Waals surface area (Å²) in [5.74, 6) is -2.11. The molecule has 7 nitrogen and oxygen atoms in total. The van der Waals surface area contributed by atoms with Gasteiger partial charge in [-0.25, -0.2) is 4.39 Å². The Morgan fingerprint density at radius 2 is 1.62 bits per heavy atom. The molecule has 1 saturated heterocycles. The summed E-state index contributed by atoms with van der Waals surface area (Å²) in [6.45, 7) is -1.22. The standard InChI is InChI=1S/C21H21FO7/c1-28-19-16(22)21(27,17(25)14-10-6-3-7-11-14)20(12-23,29-19)18(26)15(24)13-8-4-2-5-9-13/h2-11,16,18-19,23,26-27H,12H2,1H3/t16-,18?,19-,20+,21+/m0/s1. The van der Waals surface area contributed by atoms with Gasteiger partial charge in [-0.05, 0) is 0 Å². The molecule has 1 aliphatic heterocycles. The Hall–Kier alpha value is -2.49. The van der Waals surface area contributed by atoms with E-state index in [0.29, 0.717) is 0 Å². The van der Waals surface area contributed by atoms with Gasteiger partial charge >= 0.3 is 0 Å². The van der Waals surface area contributed by atoms with Crippen LogP contribution in [0.15, 0.2) is 60.7 Å². The first-order chi connectivity index (χ1) is 13.8. The smallest absolute Gasteiger partial charge is 0.200 e. The van der Waals surface area contributed by atoms with Crippen molar-refractivity contribution in [1.29, 1.82) is 0 Å². The number of aliphatic hydroxyl groups is 3. The van der Waals surface area contributed by atoms with Crippen LogP contribution < -0.4 is 0 Å². The Morgan fingerprint density at radius 1 is 1.10 bits per heavy atom. The summed E-state index contributed by atoms with van der Waals surface area (Å²) in [4.78, 5) is 25.9. The van der Waals surface area contributed by atoms with Crippen molar-refractivity contribution >= 4 is 11.6 Å². The highest BCUT2D eigenvalue weighted by Crippen LogP contribution is 2.46. The van der Waals surface area contributed by atoms with Crippen LogP contribution in [0.4, 0.5) is 4.39 Å². The van der Waals surface area contributed by atoms with Gasteiger partial charge in [-0.15, -0.1) is 0 Å². The van der Waals surface area contributed by atoms with Gasteiger partial charge in [-0.1, -0.05) is 60.7 Å². The van der Waals surface area contributed by atoms with Crippen molar-refractivity contribution in [2.45, 2.75) is 29.8 Å². The number of carbonyl (C=O) groups is 2. The quantitative estimate of drug-likeness (QED) is 0.588. The molecule has 1 heterocycles. The highest BCUT2D eigenvalue weighted by atomic mass is 19.1. The number of hydrogen-bond acceptors (Lipinski definition) is 7. The maximum atomic E-state index is 15.2. The molecular weight excluding hydrogens is 383 g/mol. The van der Waals surface area contributed by atoms with Crippen molar-refractivity contribution in [3.8, 4) is 0 Å². The van der Waals surface area contributed by atoms with Crippen molar-refractivity contribution in [2.24, 2.45) is 0 Å². The number of aliphatic hydroxyl groups excluding tert-OH is 2. The molecule has 8 heteroatoms. The van der Waals surface area contributed by atoms with Crippen LogP contribution in [0.25, 0.3) is 0 Å². The minimum Gasteiger partial charge on any atom is -0.393 e. The summed E-state index contributed by atoms with van der Waals surface area (Å²) >= 11 is 0. The number of ketones is 2. The van der Waals surface area contributed by atoms with Gasteiger partial charge < -0.3 is 24.8 Å². The predicted octanol–water partition coefficient (Wildman–Crippen LogP) is 0.916. The molecule has 5 atom stereocenters. The molecule has 0 aliphatic carbocycles. The summed E-state index contributed by atoms with van der Waals surface area (Å²) in [6, 6.07) is 14.8. The summed E-state index contributed by atoms with van der Waals surface area (Å²) in [5, 5.41) is 32.1. The highest BCUT2D eigenvalue weighted by Gasteiger charge is 2.74. The predicted molar refractivity (Wildman–Crippen MR) is 99.1 cm³/mol. The first-order valence-electron chi connectivity index (χ1n) is 8.88. The normalized spacial score (nSPS) is 30.1. The maximum Gasteiger partial charge on any atom is 0.200 e. The third-order valence-corrected chi connectivity index (χ3v) is 5.21. The fourth-order valence-corrected chi connectivity index (χ4v) is 3.57. The number of benzene rings is 2. The fourth-order valence-electron chi connectivity index (χ4n) is 3.57. The van der Waals surface area contributed by atoms with E-state index in [1.165, 1.54) is 48.5 Å². The maximum absolute atomic E-state index is 15.2. The monoisotopic (exact) mass is 404 g/mol. The second-order valence-corrected chi connectivity index (χ2v) is 6.77. The highest BCUT2D eigenvalue weighted by molar-refractivity contribution is 6.06. The van der Waals surface area contributed by atoms with E-state index in [4.69, 9.17) is 9.47 Å². The average Bonchev–Trinajstić information content (AvgIpc) is 3.01. The van der Waals surface area contributed by atoms with E-state index < -0.39 is 47.9 Å². The fraction of sp³-hybridized carbons (Fsp3) is 0.333.